The van der Waals surface area contributed by atoms with Gasteiger partial charge in [-0.2, -0.15) is 0 Å². The maximum absolute atomic E-state index is 13.1. The van der Waals surface area contributed by atoms with Crippen LogP contribution in [0.2, 0.25) is 0 Å². The van der Waals surface area contributed by atoms with Crippen molar-refractivity contribution in [3.8, 4) is 0 Å². The summed E-state index contributed by atoms with van der Waals surface area (Å²) < 4.78 is 68.4. The lowest BCUT2D eigenvalue weighted by Gasteiger charge is -2.21. The highest BCUT2D eigenvalue weighted by atomic mass is 31.2. The minimum Gasteiger partial charge on any atom is -0.462 e. The molecular weight excluding hydrogens is 1230 g/mol. The summed E-state index contributed by atoms with van der Waals surface area (Å²) >= 11 is 0. The number of hydrogen-bond donors (Lipinski definition) is 3. The Morgan fingerprint density at radius 1 is 0.287 bits per heavy atom. The van der Waals surface area contributed by atoms with E-state index in [1.54, 1.807) is 0 Å². The van der Waals surface area contributed by atoms with Crippen molar-refractivity contribution < 1.29 is 80.2 Å². The number of carbonyl (C=O) groups excluding carboxylic acids is 4. The zero-order valence-corrected chi connectivity index (χ0v) is 63.1. The van der Waals surface area contributed by atoms with Crippen LogP contribution in [0.25, 0.3) is 0 Å². The molecule has 0 bridgehead atoms. The van der Waals surface area contributed by atoms with Crippen LogP contribution >= 0.6 is 15.6 Å². The molecule has 558 valence electrons. The number of unbranched alkanes of at least 4 members (excludes halogenated alkanes) is 44. The fourth-order valence-electron chi connectivity index (χ4n) is 11.5. The molecule has 17 nitrogen and oxygen atoms in total. The molecule has 3 N–H and O–H groups in total. The summed E-state index contributed by atoms with van der Waals surface area (Å²) in [6, 6.07) is 0. The molecule has 0 aliphatic carbocycles. The maximum Gasteiger partial charge on any atom is 0.472 e. The first kappa shape index (κ1) is 92.1. The fraction of sp³-hybridized carbons (Fsp3) is 0.947. The summed E-state index contributed by atoms with van der Waals surface area (Å²) in [7, 11) is -9.90. The quantitative estimate of drug-likeness (QED) is 0.0222. The SMILES string of the molecule is CCCCCCCCCCCCCCCCCCCCCCCCC(=O)O[C@H](COC(=O)CCCCCCCCCCCC(C)C)COP(=O)(O)OC[C@@H](O)COP(=O)(O)OC[C@@H](COC(=O)CCCCCCCCCCCC)OC(=O)CCCCCCCCCC(C)C. The van der Waals surface area contributed by atoms with Crippen LogP contribution in [0.4, 0.5) is 0 Å². The van der Waals surface area contributed by atoms with Crippen molar-refractivity contribution in [2.75, 3.05) is 39.6 Å². The monoisotopic (exact) mass is 1380 g/mol. The summed E-state index contributed by atoms with van der Waals surface area (Å²) in [5, 5.41) is 10.6. The molecule has 0 aromatic rings. The van der Waals surface area contributed by atoms with E-state index in [0.717, 1.165) is 95.8 Å². The lowest BCUT2D eigenvalue weighted by molar-refractivity contribution is -0.161. The Bertz CT molecular complexity index is 1820. The third-order valence-corrected chi connectivity index (χ3v) is 19.4. The van der Waals surface area contributed by atoms with Crippen molar-refractivity contribution in [2.24, 2.45) is 11.8 Å². The number of hydrogen-bond acceptors (Lipinski definition) is 15. The maximum atomic E-state index is 13.1. The molecule has 0 aromatic carbocycles. The van der Waals surface area contributed by atoms with Crippen LogP contribution in [-0.2, 0) is 65.4 Å². The third-order valence-electron chi connectivity index (χ3n) is 17.5. The average molecular weight is 1380 g/mol. The summed E-state index contributed by atoms with van der Waals surface area (Å²) in [4.78, 5) is 72.6. The van der Waals surface area contributed by atoms with Gasteiger partial charge in [0.1, 0.15) is 19.3 Å². The second kappa shape index (κ2) is 66.9. The molecule has 0 heterocycles. The normalized spacial score (nSPS) is 14.0. The highest BCUT2D eigenvalue weighted by molar-refractivity contribution is 7.47. The number of ether oxygens (including phenoxy) is 4. The van der Waals surface area contributed by atoms with Gasteiger partial charge < -0.3 is 33.8 Å². The van der Waals surface area contributed by atoms with Gasteiger partial charge in [-0.3, -0.25) is 37.3 Å². The van der Waals surface area contributed by atoms with E-state index in [2.05, 4.69) is 41.5 Å². The van der Waals surface area contributed by atoms with Gasteiger partial charge in [0.15, 0.2) is 12.2 Å². The lowest BCUT2D eigenvalue weighted by atomic mass is 10.0. The van der Waals surface area contributed by atoms with Gasteiger partial charge in [0.2, 0.25) is 0 Å². The second-order valence-corrected chi connectivity index (χ2v) is 30.9. The first-order valence-electron chi connectivity index (χ1n) is 39.0. The van der Waals surface area contributed by atoms with E-state index in [9.17, 15) is 43.2 Å². The van der Waals surface area contributed by atoms with Crippen molar-refractivity contribution in [1.29, 1.82) is 0 Å². The number of esters is 4. The fourth-order valence-corrected chi connectivity index (χ4v) is 13.1. The highest BCUT2D eigenvalue weighted by Gasteiger charge is 2.30. The van der Waals surface area contributed by atoms with Gasteiger partial charge >= 0.3 is 39.5 Å². The van der Waals surface area contributed by atoms with Crippen LogP contribution in [0.15, 0.2) is 0 Å². The van der Waals surface area contributed by atoms with Crippen molar-refractivity contribution >= 4 is 39.5 Å². The Labute approximate surface area is 575 Å². The molecule has 0 saturated carbocycles. The van der Waals surface area contributed by atoms with Crippen LogP contribution in [0.3, 0.4) is 0 Å². The van der Waals surface area contributed by atoms with Crippen LogP contribution in [0.1, 0.15) is 388 Å². The second-order valence-electron chi connectivity index (χ2n) is 28.0. The predicted molar refractivity (Wildman–Crippen MR) is 381 cm³/mol. The van der Waals surface area contributed by atoms with Gasteiger partial charge in [-0.05, 0) is 37.5 Å². The van der Waals surface area contributed by atoms with Gasteiger partial charge in [-0.25, -0.2) is 9.13 Å². The molecule has 0 rings (SSSR count). The smallest absolute Gasteiger partial charge is 0.462 e. The van der Waals surface area contributed by atoms with Crippen LogP contribution < -0.4 is 0 Å². The Balaban J connectivity index is 5.16. The number of aliphatic hydroxyl groups excluding tert-OH is 1. The zero-order chi connectivity index (χ0) is 69.3. The Kier molecular flexibility index (Phi) is 65.5. The van der Waals surface area contributed by atoms with Crippen molar-refractivity contribution in [1.82, 2.24) is 0 Å². The van der Waals surface area contributed by atoms with Gasteiger partial charge in [-0.1, -0.05) is 337 Å². The number of rotatable bonds is 74. The summed E-state index contributed by atoms with van der Waals surface area (Å²) in [5.41, 5.74) is 0. The van der Waals surface area contributed by atoms with Gasteiger partial charge in [0, 0.05) is 25.7 Å². The minimum absolute atomic E-state index is 0.104. The molecular formula is C75H146O17P2. The number of phosphoric acid groups is 2. The van der Waals surface area contributed by atoms with Gasteiger partial charge in [-0.15, -0.1) is 0 Å². The summed E-state index contributed by atoms with van der Waals surface area (Å²) in [6.45, 7) is 9.49. The Morgan fingerprint density at radius 2 is 0.489 bits per heavy atom. The van der Waals surface area contributed by atoms with E-state index in [4.69, 9.17) is 37.0 Å². The first-order chi connectivity index (χ1) is 45.4. The van der Waals surface area contributed by atoms with Crippen molar-refractivity contribution in [3.05, 3.63) is 0 Å². The molecule has 0 saturated heterocycles. The van der Waals surface area contributed by atoms with Gasteiger partial charge in [0.05, 0.1) is 26.4 Å². The topological polar surface area (TPSA) is 237 Å². The predicted octanol–water partition coefficient (Wildman–Crippen LogP) is 21.9. The van der Waals surface area contributed by atoms with E-state index >= 15 is 0 Å². The molecule has 0 fully saturated rings. The molecule has 5 atom stereocenters. The number of carbonyl (C=O) groups is 4. The van der Waals surface area contributed by atoms with E-state index in [1.807, 2.05) is 0 Å². The molecule has 0 radical (unpaired) electrons. The minimum atomic E-state index is -4.96. The molecule has 0 aromatic heterocycles. The molecule has 0 aliphatic heterocycles. The highest BCUT2D eigenvalue weighted by Crippen LogP contribution is 2.45. The van der Waals surface area contributed by atoms with E-state index in [-0.39, 0.29) is 25.7 Å². The van der Waals surface area contributed by atoms with E-state index in [1.165, 1.54) is 205 Å². The van der Waals surface area contributed by atoms with E-state index < -0.39 is 97.5 Å². The molecule has 94 heavy (non-hydrogen) atoms. The van der Waals surface area contributed by atoms with Crippen LogP contribution in [0, 0.1) is 11.8 Å². The largest absolute Gasteiger partial charge is 0.472 e. The lowest BCUT2D eigenvalue weighted by Crippen LogP contribution is -2.30. The van der Waals surface area contributed by atoms with Crippen molar-refractivity contribution in [2.45, 2.75) is 407 Å². The Hall–Kier alpha value is -1.94. The van der Waals surface area contributed by atoms with E-state index in [0.29, 0.717) is 31.6 Å². The standard InChI is InChI=1S/C75H146O17P2/c1-7-9-11-13-15-17-19-20-21-22-23-24-25-26-27-28-29-30-34-41-47-53-59-74(79)91-70(63-86-73(78)58-52-46-40-35-31-32-37-43-49-55-67(3)4)65-89-93(81,82)87-61-69(76)62-88-94(83,84)90-66-71(92-75(80)60-54-48-42-36-38-44-50-56-68(5)6)64-85-72(77)57-51-45-39-33-18-16-14-12-10-8-2/h67-71,76H,7-66H2,1-6H3,(H,81,82)(H,83,84)/t69-,70-,71-/m1/s1. The number of phosphoric ester groups is 2. The third kappa shape index (κ3) is 68.6. The molecule has 0 aliphatic rings. The molecule has 0 spiro atoms. The molecule has 19 heteroatoms. The van der Waals surface area contributed by atoms with Gasteiger partial charge in [0.25, 0.3) is 0 Å². The average Bonchev–Trinajstić information content (AvgIpc) is 1.23. The summed E-state index contributed by atoms with van der Waals surface area (Å²) in [5.74, 6) is -0.683. The first-order valence-corrected chi connectivity index (χ1v) is 42.0. The summed E-state index contributed by atoms with van der Waals surface area (Å²) in [6.07, 6.45) is 54.4. The van der Waals surface area contributed by atoms with Crippen LogP contribution in [0.5, 0.6) is 0 Å². The van der Waals surface area contributed by atoms with Crippen LogP contribution in [-0.4, -0.2) is 96.7 Å². The molecule has 0 amide bonds. The zero-order valence-electron chi connectivity index (χ0n) is 61.3. The Morgan fingerprint density at radius 3 is 0.723 bits per heavy atom. The molecule has 2 unspecified atom stereocenters. The number of aliphatic hydroxyl groups is 1. The van der Waals surface area contributed by atoms with Crippen molar-refractivity contribution in [3.63, 3.8) is 0 Å².